The van der Waals surface area contributed by atoms with E-state index in [1.807, 2.05) is 12.1 Å². The van der Waals surface area contributed by atoms with Gasteiger partial charge in [0.05, 0.1) is 10.3 Å². The van der Waals surface area contributed by atoms with Gasteiger partial charge in [0, 0.05) is 36.7 Å². The summed E-state index contributed by atoms with van der Waals surface area (Å²) in [6, 6.07) is 7.00. The number of piperidine rings is 1. The van der Waals surface area contributed by atoms with Gasteiger partial charge in [0.1, 0.15) is 0 Å². The predicted molar refractivity (Wildman–Crippen MR) is 96.4 cm³/mol. The minimum absolute atomic E-state index is 0.110. The number of nitrogens with one attached hydrogen (secondary N) is 1. The van der Waals surface area contributed by atoms with Crippen LogP contribution in [-0.4, -0.2) is 56.9 Å². The summed E-state index contributed by atoms with van der Waals surface area (Å²) >= 11 is 0. The molecule has 6 nitrogen and oxygen atoms in total. The van der Waals surface area contributed by atoms with Crippen molar-refractivity contribution in [1.29, 1.82) is 0 Å². The Bertz CT molecular complexity index is 694. The number of benzene rings is 1. The second-order valence-electron chi connectivity index (χ2n) is 6.95. The van der Waals surface area contributed by atoms with Crippen LogP contribution in [-0.2, 0) is 10.8 Å². The maximum absolute atomic E-state index is 12.3. The Morgan fingerprint density at radius 2 is 1.92 bits per heavy atom. The number of hydrogen-bond donors (Lipinski definition) is 2. The van der Waals surface area contributed by atoms with Crippen molar-refractivity contribution in [1.82, 2.24) is 10.2 Å². The average molecular weight is 364 g/mol. The van der Waals surface area contributed by atoms with Crippen molar-refractivity contribution in [2.75, 3.05) is 25.9 Å². The summed E-state index contributed by atoms with van der Waals surface area (Å²) in [4.78, 5) is 25.5. The number of nitrogens with zero attached hydrogens (tertiary/aromatic N) is 1. The zero-order valence-electron chi connectivity index (χ0n) is 14.4. The predicted octanol–water partition coefficient (Wildman–Crippen LogP) is 2.18. The average Bonchev–Trinajstić information content (AvgIpc) is 3.41. The van der Waals surface area contributed by atoms with E-state index in [1.165, 1.54) is 0 Å². The lowest BCUT2D eigenvalue weighted by Crippen LogP contribution is -2.47. The molecule has 0 aromatic heterocycles. The molecular weight excluding hydrogens is 340 g/mol. The lowest BCUT2D eigenvalue weighted by molar-refractivity contribution is 0.0694. The van der Waals surface area contributed by atoms with Crippen molar-refractivity contribution in [3.63, 3.8) is 0 Å². The van der Waals surface area contributed by atoms with Crippen molar-refractivity contribution in [3.05, 3.63) is 35.4 Å². The van der Waals surface area contributed by atoms with E-state index in [1.54, 1.807) is 23.3 Å². The van der Waals surface area contributed by atoms with Crippen LogP contribution in [0.1, 0.15) is 47.5 Å². The van der Waals surface area contributed by atoms with Crippen molar-refractivity contribution < 1.29 is 18.9 Å². The summed E-state index contributed by atoms with van der Waals surface area (Å²) in [6.07, 6.45) is 5.02. The molecule has 0 bridgehead atoms. The molecule has 1 aromatic carbocycles. The Morgan fingerprint density at radius 3 is 2.48 bits per heavy atom. The number of amides is 2. The van der Waals surface area contributed by atoms with Crippen LogP contribution in [0.2, 0.25) is 0 Å². The number of carbonyl (C=O) groups is 2. The van der Waals surface area contributed by atoms with Crippen LogP contribution in [0.3, 0.4) is 0 Å². The van der Waals surface area contributed by atoms with Gasteiger partial charge in [0.2, 0.25) is 0 Å². The van der Waals surface area contributed by atoms with Crippen LogP contribution in [0.5, 0.6) is 0 Å². The third-order valence-electron chi connectivity index (χ3n) is 5.39. The summed E-state index contributed by atoms with van der Waals surface area (Å²) in [5.74, 6) is -0.743. The molecule has 0 radical (unpaired) electrons. The van der Waals surface area contributed by atoms with E-state index in [-0.39, 0.29) is 16.7 Å². The minimum Gasteiger partial charge on any atom is -0.478 e. The molecule has 1 unspecified atom stereocenters. The number of carboxylic acids is 1. The van der Waals surface area contributed by atoms with Crippen LogP contribution in [0.15, 0.2) is 24.3 Å². The first kappa shape index (κ1) is 17.9. The van der Waals surface area contributed by atoms with Gasteiger partial charge in [-0.05, 0) is 43.2 Å². The fourth-order valence-electron chi connectivity index (χ4n) is 3.50. The third-order valence-corrected chi connectivity index (χ3v) is 7.16. The molecule has 2 N–H and O–H groups in total. The highest BCUT2D eigenvalue weighted by molar-refractivity contribution is 7.86. The molecule has 2 aliphatic rings. The van der Waals surface area contributed by atoms with Crippen LogP contribution in [0.25, 0.3) is 0 Å². The Morgan fingerprint density at radius 1 is 1.28 bits per heavy atom. The second-order valence-corrected chi connectivity index (χ2v) is 8.72. The zero-order chi connectivity index (χ0) is 18.0. The largest absolute Gasteiger partial charge is 0.478 e. The van der Waals surface area contributed by atoms with Gasteiger partial charge in [-0.15, -0.1) is 0 Å². The quantitative estimate of drug-likeness (QED) is 0.838. The molecule has 1 aliphatic carbocycles. The number of carbonyl (C=O) groups excluding carboxylic acids is 1. The summed E-state index contributed by atoms with van der Waals surface area (Å²) < 4.78 is 11.5. The second kappa shape index (κ2) is 7.15. The zero-order valence-corrected chi connectivity index (χ0v) is 15.2. The number of urea groups is 1. The highest BCUT2D eigenvalue weighted by Gasteiger charge is 2.47. The number of aromatic carboxylic acids is 1. The van der Waals surface area contributed by atoms with Crippen LogP contribution >= 0.6 is 0 Å². The summed E-state index contributed by atoms with van der Waals surface area (Å²) in [5, 5.41) is 12.3. The van der Waals surface area contributed by atoms with Gasteiger partial charge >= 0.3 is 12.0 Å². The Labute approximate surface area is 150 Å². The first-order valence-corrected chi connectivity index (χ1v) is 10.2. The Kier molecular flexibility index (Phi) is 5.13. The van der Waals surface area contributed by atoms with Crippen LogP contribution in [0, 0.1) is 0 Å². The molecule has 1 atom stereocenters. The highest BCUT2D eigenvalue weighted by Crippen LogP contribution is 2.40. The van der Waals surface area contributed by atoms with Gasteiger partial charge in [0.15, 0.2) is 0 Å². The lowest BCUT2D eigenvalue weighted by atomic mass is 9.86. The minimum atomic E-state index is -0.913. The smallest absolute Gasteiger partial charge is 0.335 e. The third kappa shape index (κ3) is 3.86. The van der Waals surface area contributed by atoms with E-state index >= 15 is 0 Å². The Balaban J connectivity index is 1.54. The van der Waals surface area contributed by atoms with E-state index < -0.39 is 16.8 Å². The molecule has 1 saturated carbocycles. The van der Waals surface area contributed by atoms with E-state index in [0.29, 0.717) is 25.2 Å². The fraction of sp³-hybridized carbons (Fsp3) is 0.556. The molecule has 7 heteroatoms. The molecule has 0 spiro atoms. The van der Waals surface area contributed by atoms with E-state index in [2.05, 4.69) is 5.32 Å². The maximum atomic E-state index is 12.3. The standard InChI is InChI=1S/C18H24N2O4S/c1-25(24)18(8-9-18)12-19-17(23)20-10-6-13(7-11-20)14-4-2-3-5-15(14)16(21)22/h2-5,13H,6-12H2,1H3,(H,19,23)(H,21,22). The molecular formula is C18H24N2O4S. The molecule has 3 rings (SSSR count). The maximum Gasteiger partial charge on any atom is 0.335 e. The number of carboxylic acid groups (broad SMARTS) is 1. The fourth-order valence-corrected chi connectivity index (χ4v) is 4.45. The summed E-state index contributed by atoms with van der Waals surface area (Å²) in [7, 11) is -0.913. The van der Waals surface area contributed by atoms with Crippen molar-refractivity contribution in [2.24, 2.45) is 0 Å². The van der Waals surface area contributed by atoms with Crippen LogP contribution < -0.4 is 5.32 Å². The normalized spacial score (nSPS) is 20.8. The number of likely N-dealkylation sites (tertiary alicyclic amines) is 1. The molecule has 25 heavy (non-hydrogen) atoms. The van der Waals surface area contributed by atoms with E-state index in [0.717, 1.165) is 31.2 Å². The van der Waals surface area contributed by atoms with Crippen molar-refractivity contribution in [2.45, 2.75) is 36.3 Å². The highest BCUT2D eigenvalue weighted by atomic mass is 32.2. The van der Waals surface area contributed by atoms with E-state index in [9.17, 15) is 18.9 Å². The molecule has 1 aliphatic heterocycles. The van der Waals surface area contributed by atoms with Gasteiger partial charge in [-0.1, -0.05) is 18.2 Å². The SMILES string of the molecule is CS(=O)C1(CNC(=O)N2CCC(c3ccccc3C(=O)O)CC2)CC1. The molecule has 136 valence electrons. The van der Waals surface area contributed by atoms with Gasteiger partial charge in [-0.25, -0.2) is 9.59 Å². The van der Waals surface area contributed by atoms with Gasteiger partial charge in [0.25, 0.3) is 0 Å². The summed E-state index contributed by atoms with van der Waals surface area (Å²) in [5.41, 5.74) is 1.21. The number of rotatable bonds is 5. The first-order chi connectivity index (χ1) is 11.9. The van der Waals surface area contributed by atoms with Crippen molar-refractivity contribution in [3.8, 4) is 0 Å². The van der Waals surface area contributed by atoms with E-state index in [4.69, 9.17) is 0 Å². The van der Waals surface area contributed by atoms with Crippen molar-refractivity contribution >= 4 is 22.8 Å². The van der Waals surface area contributed by atoms with Gasteiger partial charge < -0.3 is 15.3 Å². The number of hydrogen-bond acceptors (Lipinski definition) is 3. The molecule has 2 fully saturated rings. The first-order valence-electron chi connectivity index (χ1n) is 8.61. The monoisotopic (exact) mass is 364 g/mol. The molecule has 1 heterocycles. The Hall–Kier alpha value is -1.89. The topological polar surface area (TPSA) is 86.7 Å². The van der Waals surface area contributed by atoms with Gasteiger partial charge in [-0.3, -0.25) is 4.21 Å². The van der Waals surface area contributed by atoms with Crippen LogP contribution in [0.4, 0.5) is 4.79 Å². The summed E-state index contributed by atoms with van der Waals surface area (Å²) in [6.45, 7) is 1.68. The van der Waals surface area contributed by atoms with Gasteiger partial charge in [-0.2, -0.15) is 0 Å². The molecule has 1 aromatic rings. The molecule has 1 saturated heterocycles. The molecule has 2 amide bonds. The lowest BCUT2D eigenvalue weighted by Gasteiger charge is -2.33.